The van der Waals surface area contributed by atoms with Crippen LogP contribution in [0.15, 0.2) is 35.7 Å². The highest BCUT2D eigenvalue weighted by molar-refractivity contribution is 6.30. The summed E-state index contributed by atoms with van der Waals surface area (Å²) >= 11 is 5.90. The Kier molecular flexibility index (Phi) is 12.5. The number of hydrogen-bond acceptors (Lipinski definition) is 7. The lowest BCUT2D eigenvalue weighted by Crippen LogP contribution is -2.41. The number of amides is 2. The van der Waals surface area contributed by atoms with Crippen molar-refractivity contribution in [2.45, 2.75) is 52.4 Å². The average molecular weight is 545 g/mol. The smallest absolute Gasteiger partial charge is 0.352 e. The van der Waals surface area contributed by atoms with Crippen LogP contribution in [0.4, 0.5) is 5.69 Å². The van der Waals surface area contributed by atoms with E-state index in [0.29, 0.717) is 23.8 Å². The molecule has 0 atom stereocenters. The Morgan fingerprint density at radius 1 is 1.24 bits per heavy atom. The summed E-state index contributed by atoms with van der Waals surface area (Å²) < 4.78 is 4.49. The Labute approximate surface area is 228 Å². The van der Waals surface area contributed by atoms with E-state index in [1.807, 2.05) is 17.9 Å². The van der Waals surface area contributed by atoms with Crippen molar-refractivity contribution in [1.29, 1.82) is 5.26 Å². The van der Waals surface area contributed by atoms with Gasteiger partial charge in [0, 0.05) is 31.4 Å². The number of methoxy groups -OCH3 is 1. The molecule has 10 nitrogen and oxygen atoms in total. The number of fused-ring (bicyclic) bond motifs is 1. The van der Waals surface area contributed by atoms with E-state index in [-0.39, 0.29) is 29.8 Å². The number of aromatic amines is 1. The summed E-state index contributed by atoms with van der Waals surface area (Å²) in [5, 5.41) is 13.1. The van der Waals surface area contributed by atoms with Gasteiger partial charge in [0.25, 0.3) is 0 Å². The summed E-state index contributed by atoms with van der Waals surface area (Å²) in [6.07, 6.45) is 5.92. The van der Waals surface area contributed by atoms with Crippen LogP contribution in [0.3, 0.4) is 0 Å². The standard InChI is InChI=1S/C14H26N2O2.C13H11ClN4O2/c1-3-5-6-9-13(17)15(4-2)12-14(18)16-10-7-8-11-16;1-20-13(19)8(6-15)12(16)17-9-4-2-3-7-5-10(14)18-11(7)9/h3-12H2,1-2H3;2-5,17-18H,16H2,1H3/b;12-8-. The van der Waals surface area contributed by atoms with Crippen LogP contribution in [0.5, 0.6) is 0 Å². The number of para-hydroxylation sites is 1. The Hall–Kier alpha value is -3.71. The molecule has 1 saturated heterocycles. The second-order valence-electron chi connectivity index (χ2n) is 8.86. The van der Waals surface area contributed by atoms with Crippen LogP contribution >= 0.6 is 11.6 Å². The van der Waals surface area contributed by atoms with E-state index in [1.165, 1.54) is 7.11 Å². The number of nitrogens with two attached hydrogens (primary N) is 1. The zero-order valence-electron chi connectivity index (χ0n) is 22.3. The highest BCUT2D eigenvalue weighted by Gasteiger charge is 2.22. The number of benzene rings is 1. The molecule has 4 N–H and O–H groups in total. The monoisotopic (exact) mass is 544 g/mol. The number of nitrogens with zero attached hydrogens (tertiary/aromatic N) is 3. The number of halogens is 1. The second-order valence-corrected chi connectivity index (χ2v) is 9.26. The molecular formula is C27H37ClN6O4. The number of anilines is 1. The number of H-pyrrole nitrogens is 1. The number of nitriles is 1. The third-order valence-electron chi connectivity index (χ3n) is 6.18. The number of rotatable bonds is 10. The quantitative estimate of drug-likeness (QED) is 0.176. The lowest BCUT2D eigenvalue weighted by atomic mass is 10.2. The van der Waals surface area contributed by atoms with Gasteiger partial charge in [-0.15, -0.1) is 0 Å². The van der Waals surface area contributed by atoms with Crippen LogP contribution in [0.2, 0.25) is 5.15 Å². The van der Waals surface area contributed by atoms with Crippen molar-refractivity contribution < 1.29 is 19.1 Å². The van der Waals surface area contributed by atoms with Crippen molar-refractivity contribution in [3.05, 3.63) is 40.8 Å². The molecule has 0 radical (unpaired) electrons. The van der Waals surface area contributed by atoms with Crippen molar-refractivity contribution in [3.8, 4) is 6.07 Å². The van der Waals surface area contributed by atoms with Crippen LogP contribution in [-0.2, 0) is 19.1 Å². The largest absolute Gasteiger partial charge is 0.465 e. The van der Waals surface area contributed by atoms with Gasteiger partial charge in [0.1, 0.15) is 17.0 Å². The minimum Gasteiger partial charge on any atom is -0.465 e. The number of aromatic nitrogens is 1. The molecule has 3 rings (SSSR count). The normalized spacial score (nSPS) is 13.2. The summed E-state index contributed by atoms with van der Waals surface area (Å²) in [6.45, 7) is 6.68. The number of esters is 1. The first-order valence-corrected chi connectivity index (χ1v) is 13.2. The predicted molar refractivity (Wildman–Crippen MR) is 148 cm³/mol. The molecule has 1 aliphatic heterocycles. The lowest BCUT2D eigenvalue weighted by Gasteiger charge is -2.23. The molecule has 1 aromatic carbocycles. The Balaban J connectivity index is 0.000000269. The lowest BCUT2D eigenvalue weighted by molar-refractivity contribution is -0.139. The molecule has 0 unspecified atom stereocenters. The molecule has 11 heteroatoms. The molecule has 1 aliphatic rings. The number of likely N-dealkylation sites (tertiary alicyclic amines) is 1. The van der Waals surface area contributed by atoms with Crippen molar-refractivity contribution in [3.63, 3.8) is 0 Å². The van der Waals surface area contributed by atoms with Gasteiger partial charge in [0.2, 0.25) is 11.8 Å². The van der Waals surface area contributed by atoms with Crippen molar-refractivity contribution in [2.24, 2.45) is 5.73 Å². The molecule has 1 fully saturated rings. The summed E-state index contributed by atoms with van der Waals surface area (Å²) in [6, 6.07) is 8.88. The van der Waals surface area contributed by atoms with Gasteiger partial charge in [-0.05, 0) is 38.3 Å². The van der Waals surface area contributed by atoms with Gasteiger partial charge >= 0.3 is 5.97 Å². The minimum atomic E-state index is -0.797. The fourth-order valence-electron chi connectivity index (χ4n) is 4.04. The van der Waals surface area contributed by atoms with Crippen LogP contribution in [0.1, 0.15) is 52.4 Å². The van der Waals surface area contributed by atoms with E-state index in [1.54, 1.807) is 29.2 Å². The molecule has 0 aliphatic carbocycles. The van der Waals surface area contributed by atoms with E-state index >= 15 is 0 Å². The number of carbonyl (C=O) groups excluding carboxylic acids is 3. The molecule has 206 valence electrons. The third-order valence-corrected chi connectivity index (χ3v) is 6.38. The van der Waals surface area contributed by atoms with Crippen LogP contribution in [0.25, 0.3) is 10.9 Å². The summed E-state index contributed by atoms with van der Waals surface area (Å²) in [5.41, 5.74) is 6.77. The van der Waals surface area contributed by atoms with E-state index in [4.69, 9.17) is 22.6 Å². The second kappa shape index (κ2) is 15.5. The third kappa shape index (κ3) is 8.70. The summed E-state index contributed by atoms with van der Waals surface area (Å²) in [4.78, 5) is 41.9. The fraction of sp³-hybridized carbons (Fsp3) is 0.481. The maximum absolute atomic E-state index is 12.0. The van der Waals surface area contributed by atoms with E-state index in [2.05, 4.69) is 22.0 Å². The van der Waals surface area contributed by atoms with Crippen LogP contribution in [-0.4, -0.2) is 65.9 Å². The van der Waals surface area contributed by atoms with Gasteiger partial charge in [-0.3, -0.25) is 9.59 Å². The highest BCUT2D eigenvalue weighted by atomic mass is 35.5. The Bertz CT molecular complexity index is 1180. The number of carbonyl (C=O) groups is 3. The van der Waals surface area contributed by atoms with Gasteiger partial charge in [0.05, 0.1) is 24.9 Å². The zero-order chi connectivity index (χ0) is 28.1. The van der Waals surface area contributed by atoms with Crippen molar-refractivity contribution >= 4 is 46.0 Å². The first-order valence-electron chi connectivity index (χ1n) is 12.8. The van der Waals surface area contributed by atoms with Crippen LogP contribution in [0, 0.1) is 11.3 Å². The molecule has 0 saturated carbocycles. The number of nitrogens with one attached hydrogen (secondary N) is 2. The molecule has 1 aromatic heterocycles. The maximum atomic E-state index is 12.0. The molecule has 2 amide bonds. The van der Waals surface area contributed by atoms with Gasteiger partial charge < -0.3 is 30.6 Å². The van der Waals surface area contributed by atoms with E-state index < -0.39 is 5.97 Å². The molecule has 2 heterocycles. The first kappa shape index (κ1) is 30.5. The number of unbranched alkanes of at least 4 members (excludes halogenated alkanes) is 2. The number of hydrogen-bond donors (Lipinski definition) is 3. The van der Waals surface area contributed by atoms with Crippen molar-refractivity contribution in [2.75, 3.05) is 38.6 Å². The molecule has 38 heavy (non-hydrogen) atoms. The summed E-state index contributed by atoms with van der Waals surface area (Å²) in [7, 11) is 1.18. The topological polar surface area (TPSA) is 145 Å². The first-order chi connectivity index (χ1) is 18.2. The SMILES string of the molecule is CCCCCC(=O)N(CC)CC(=O)N1CCCC1.COC(=O)/C(C#N)=C(/N)Nc1cccc2cc(Cl)[nH]c12. The molecular weight excluding hydrogens is 508 g/mol. The fourth-order valence-corrected chi connectivity index (χ4v) is 4.25. The average Bonchev–Trinajstić information content (AvgIpc) is 3.58. The predicted octanol–water partition coefficient (Wildman–Crippen LogP) is 4.14. The van der Waals surface area contributed by atoms with Gasteiger partial charge in [-0.2, -0.15) is 5.26 Å². The van der Waals surface area contributed by atoms with Gasteiger partial charge in [-0.1, -0.05) is 43.5 Å². The Morgan fingerprint density at radius 2 is 1.95 bits per heavy atom. The number of likely N-dealkylation sites (N-methyl/N-ethyl adjacent to an activating group) is 1. The highest BCUT2D eigenvalue weighted by Crippen LogP contribution is 2.26. The molecule has 0 bridgehead atoms. The molecule has 2 aromatic rings. The van der Waals surface area contributed by atoms with E-state index in [9.17, 15) is 14.4 Å². The number of ether oxygens (including phenoxy) is 1. The molecule has 0 spiro atoms. The van der Waals surface area contributed by atoms with Gasteiger partial charge in [-0.25, -0.2) is 4.79 Å². The minimum absolute atomic E-state index is 0.0856. The maximum Gasteiger partial charge on any atom is 0.352 e. The summed E-state index contributed by atoms with van der Waals surface area (Å²) in [5.74, 6) is -0.650. The van der Waals surface area contributed by atoms with Gasteiger partial charge in [0.15, 0.2) is 5.57 Å². The zero-order valence-corrected chi connectivity index (χ0v) is 23.1. The van der Waals surface area contributed by atoms with E-state index in [0.717, 1.165) is 56.1 Å². The van der Waals surface area contributed by atoms with Crippen molar-refractivity contribution in [1.82, 2.24) is 14.8 Å². The van der Waals surface area contributed by atoms with Crippen LogP contribution < -0.4 is 11.1 Å². The Morgan fingerprint density at radius 3 is 2.55 bits per heavy atom.